The van der Waals surface area contributed by atoms with Crippen molar-refractivity contribution in [2.24, 2.45) is 9.74 Å². The van der Waals surface area contributed by atoms with Crippen LogP contribution >= 0.6 is 7.28 Å². The van der Waals surface area contributed by atoms with Crippen LogP contribution in [0.5, 0.6) is 11.5 Å². The molecule has 0 bridgehead atoms. The molecule has 0 atom stereocenters. The normalized spacial score (nSPS) is 12.6. The van der Waals surface area contributed by atoms with E-state index in [0.29, 0.717) is 16.3 Å². The van der Waals surface area contributed by atoms with Crippen LogP contribution in [-0.4, -0.2) is 23.5 Å². The highest BCUT2D eigenvalue weighted by molar-refractivity contribution is 7.77. The number of aliphatic imine (C=N–C) groups is 1. The van der Waals surface area contributed by atoms with Crippen LogP contribution in [0, 0.1) is 20.8 Å². The minimum absolute atomic E-state index is 0.131. The van der Waals surface area contributed by atoms with Gasteiger partial charge in [-0.25, -0.2) is 4.74 Å². The molecule has 0 saturated heterocycles. The Morgan fingerprint density at radius 2 is 1.19 bits per heavy atom. The molecule has 2 N–H and O–H groups in total. The van der Waals surface area contributed by atoms with Crippen LogP contribution in [0.4, 0.5) is 11.4 Å². The molecule has 0 aliphatic heterocycles. The summed E-state index contributed by atoms with van der Waals surface area (Å²) in [5.74, 6) is 0.262. The van der Waals surface area contributed by atoms with Crippen molar-refractivity contribution in [3.05, 3.63) is 106 Å². The number of nitrogens with zero attached hydrogens (tertiary/aromatic N) is 2. The van der Waals surface area contributed by atoms with E-state index < -0.39 is 7.28 Å². The number of benzene rings is 4. The summed E-state index contributed by atoms with van der Waals surface area (Å²) in [6.07, 6.45) is 1.84. The Kier molecular flexibility index (Phi) is 9.11. The van der Waals surface area contributed by atoms with E-state index in [1.807, 2.05) is 66.9 Å². The molecule has 0 saturated carbocycles. The Morgan fingerprint density at radius 3 is 1.65 bits per heavy atom. The van der Waals surface area contributed by atoms with Crippen molar-refractivity contribution in [1.29, 1.82) is 0 Å². The molecule has 0 radical (unpaired) electrons. The molecule has 226 valence electrons. The molecule has 0 unspecified atom stereocenters. The fourth-order valence-corrected chi connectivity index (χ4v) is 8.41. The van der Waals surface area contributed by atoms with Gasteiger partial charge in [0, 0.05) is 30.0 Å². The second-order valence-electron chi connectivity index (χ2n) is 13.3. The van der Waals surface area contributed by atoms with Crippen LogP contribution in [0.1, 0.15) is 74.9 Å². The number of phenolic OH excluding ortho intramolecular Hbond substituents is 2. The van der Waals surface area contributed by atoms with Gasteiger partial charge in [0.2, 0.25) is 0 Å². The van der Waals surface area contributed by atoms with Gasteiger partial charge in [-0.15, -0.1) is 0 Å². The molecule has 5 nitrogen and oxygen atoms in total. The Morgan fingerprint density at radius 1 is 0.698 bits per heavy atom. The first kappa shape index (κ1) is 32.3. The van der Waals surface area contributed by atoms with Crippen molar-refractivity contribution in [3.8, 4) is 11.5 Å². The molecule has 0 aliphatic rings. The van der Waals surface area contributed by atoms with E-state index >= 15 is 0 Å². The quantitative estimate of drug-likeness (QED) is 0.172. The zero-order chi connectivity index (χ0) is 31.7. The third-order valence-corrected chi connectivity index (χ3v) is 10.8. The van der Waals surface area contributed by atoms with Crippen molar-refractivity contribution >= 4 is 35.5 Å². The van der Waals surface area contributed by atoms with Gasteiger partial charge in [-0.1, -0.05) is 102 Å². The lowest BCUT2D eigenvalue weighted by Crippen LogP contribution is -2.23. The highest BCUT2D eigenvalue weighted by Gasteiger charge is 2.35. The summed E-state index contributed by atoms with van der Waals surface area (Å²) >= 11 is 0. The number of hydrogen-bond acceptors (Lipinski definition) is 5. The molecule has 6 heteroatoms. The molecule has 0 spiro atoms. The fraction of sp³-hybridized carbons (Fsp3) is 0.324. The highest BCUT2D eigenvalue weighted by atomic mass is 31.2. The topological polar surface area (TPSA) is 74.4 Å². The number of hydrogen-bond donors (Lipinski definition) is 2. The third-order valence-electron chi connectivity index (χ3n) is 7.72. The molecule has 0 aliphatic carbocycles. The summed E-state index contributed by atoms with van der Waals surface area (Å²) < 4.78 is 11.8. The summed E-state index contributed by atoms with van der Waals surface area (Å²) in [6.45, 7) is 18.6. The Hall–Kier alpha value is -3.66. The third kappa shape index (κ3) is 6.49. The van der Waals surface area contributed by atoms with E-state index in [1.54, 1.807) is 7.11 Å². The summed E-state index contributed by atoms with van der Waals surface area (Å²) in [4.78, 5) is 4.89. The van der Waals surface area contributed by atoms with Gasteiger partial charge < -0.3 is 14.7 Å². The zero-order valence-electron chi connectivity index (χ0n) is 27.1. The standard InChI is InChI=1S/C37H45N2O3P/c1-24-21-25(2)33(26(3)22-24)38-23-27-15-11-12-18-30(27)39-43(42-10,31-19-13-16-28(34(31)40)36(4,5)6)32-20-14-17-29(35(32)41)37(7,8)9/h11-23,40-41H,1-10H3. The molecule has 43 heavy (non-hydrogen) atoms. The van der Waals surface area contributed by atoms with Crippen LogP contribution < -0.4 is 10.6 Å². The summed E-state index contributed by atoms with van der Waals surface area (Å²) in [5.41, 5.74) is 6.73. The molecule has 4 aromatic rings. The van der Waals surface area contributed by atoms with E-state index in [2.05, 4.69) is 74.4 Å². The van der Waals surface area contributed by atoms with Crippen LogP contribution in [0.2, 0.25) is 0 Å². The first-order valence-corrected chi connectivity index (χ1v) is 16.3. The van der Waals surface area contributed by atoms with Crippen LogP contribution in [-0.2, 0) is 15.4 Å². The van der Waals surface area contributed by atoms with E-state index in [0.717, 1.165) is 33.5 Å². The van der Waals surface area contributed by atoms with Gasteiger partial charge in [0.1, 0.15) is 11.5 Å². The maximum absolute atomic E-state index is 11.8. The number of phenols is 2. The molecule has 0 amide bonds. The molecule has 4 rings (SSSR count). The van der Waals surface area contributed by atoms with E-state index in [1.165, 1.54) is 5.56 Å². The Labute approximate surface area is 257 Å². The van der Waals surface area contributed by atoms with Gasteiger partial charge in [0.05, 0.1) is 22.0 Å². The number of rotatable bonds is 6. The maximum Gasteiger partial charge on any atom is 0.155 e. The molecular formula is C37H45N2O3P. The van der Waals surface area contributed by atoms with Gasteiger partial charge in [0.25, 0.3) is 0 Å². The first-order chi connectivity index (χ1) is 20.1. The van der Waals surface area contributed by atoms with E-state index in [-0.39, 0.29) is 22.3 Å². The minimum Gasteiger partial charge on any atom is -0.507 e. The average molecular weight is 597 g/mol. The maximum atomic E-state index is 11.8. The zero-order valence-corrected chi connectivity index (χ0v) is 28.0. The van der Waals surface area contributed by atoms with Gasteiger partial charge in [-0.2, -0.15) is 0 Å². The van der Waals surface area contributed by atoms with Gasteiger partial charge >= 0.3 is 0 Å². The lowest BCUT2D eigenvalue weighted by atomic mass is 9.86. The minimum atomic E-state index is -3.26. The Bertz CT molecular complexity index is 1650. The highest BCUT2D eigenvalue weighted by Crippen LogP contribution is 2.56. The van der Waals surface area contributed by atoms with Crippen molar-refractivity contribution in [2.75, 3.05) is 7.11 Å². The molecule has 0 fully saturated rings. The van der Waals surface area contributed by atoms with E-state index in [4.69, 9.17) is 14.3 Å². The average Bonchev–Trinajstić information content (AvgIpc) is 2.91. The number of aryl methyl sites for hydroxylation is 3. The SMILES string of the molecule is COP(=Nc1ccccc1C=Nc1c(C)cc(C)cc1C)(c1cccc(C(C)(C)C)c1O)c1cccc(C(C)(C)C)c1O. The summed E-state index contributed by atoms with van der Waals surface area (Å²) in [7, 11) is -1.65. The second-order valence-corrected chi connectivity index (χ2v) is 16.0. The van der Waals surface area contributed by atoms with Gasteiger partial charge in [0.15, 0.2) is 7.28 Å². The summed E-state index contributed by atoms with van der Waals surface area (Å²) in [5, 5.41) is 24.8. The van der Waals surface area contributed by atoms with Crippen molar-refractivity contribution < 1.29 is 14.7 Å². The van der Waals surface area contributed by atoms with Crippen LogP contribution in [0.15, 0.2) is 82.5 Å². The lowest BCUT2D eigenvalue weighted by Gasteiger charge is -2.30. The fourth-order valence-electron chi connectivity index (χ4n) is 5.59. The monoisotopic (exact) mass is 596 g/mol. The van der Waals surface area contributed by atoms with Gasteiger partial charge in [-0.3, -0.25) is 4.99 Å². The first-order valence-electron chi connectivity index (χ1n) is 14.6. The number of aromatic hydroxyl groups is 2. The molecular weight excluding hydrogens is 551 g/mol. The van der Waals surface area contributed by atoms with Crippen LogP contribution in [0.3, 0.4) is 0 Å². The van der Waals surface area contributed by atoms with Crippen molar-refractivity contribution in [1.82, 2.24) is 0 Å². The molecule has 0 aromatic heterocycles. The Balaban J connectivity index is 2.09. The smallest absolute Gasteiger partial charge is 0.155 e. The molecule has 0 heterocycles. The second kappa shape index (κ2) is 12.1. The molecule has 4 aromatic carbocycles. The van der Waals surface area contributed by atoms with Crippen molar-refractivity contribution in [3.63, 3.8) is 0 Å². The van der Waals surface area contributed by atoms with Crippen molar-refractivity contribution in [2.45, 2.75) is 73.1 Å². The van der Waals surface area contributed by atoms with Gasteiger partial charge in [-0.05, 0) is 60.9 Å². The lowest BCUT2D eigenvalue weighted by molar-refractivity contribution is 0.440. The number of para-hydroxylation sites is 2. The predicted octanol–water partition coefficient (Wildman–Crippen LogP) is 9.41. The van der Waals surface area contributed by atoms with E-state index in [9.17, 15) is 10.2 Å². The van der Waals surface area contributed by atoms with Crippen LogP contribution in [0.25, 0.3) is 0 Å². The summed E-state index contributed by atoms with van der Waals surface area (Å²) in [6, 6.07) is 23.5. The largest absolute Gasteiger partial charge is 0.507 e. The predicted molar refractivity (Wildman–Crippen MR) is 183 cm³/mol.